The Hall–Kier alpha value is -1.14. The lowest BCUT2D eigenvalue weighted by Gasteiger charge is -2.20. The van der Waals surface area contributed by atoms with Crippen LogP contribution in [0, 0.1) is 17.8 Å². The van der Waals surface area contributed by atoms with Crippen LogP contribution in [-0.4, -0.2) is 40.7 Å². The Bertz CT molecular complexity index is 261. The van der Waals surface area contributed by atoms with E-state index in [0.29, 0.717) is 12.8 Å². The largest absolute Gasteiger partial charge is 0.481 e. The zero-order valence-electron chi connectivity index (χ0n) is 8.29. The molecular formula is C9H14O6. The van der Waals surface area contributed by atoms with Gasteiger partial charge in [0, 0.05) is 5.92 Å². The van der Waals surface area contributed by atoms with Crippen LogP contribution in [0.25, 0.3) is 0 Å². The fraction of sp³-hybridized carbons (Fsp3) is 0.778. The third-order valence-electron chi connectivity index (χ3n) is 2.88. The summed E-state index contributed by atoms with van der Waals surface area (Å²) in [5, 5.41) is 26.9. The molecule has 1 saturated carbocycles. The second kappa shape index (κ2) is 4.59. The van der Waals surface area contributed by atoms with E-state index in [9.17, 15) is 9.59 Å². The highest BCUT2D eigenvalue weighted by atomic mass is 16.5. The summed E-state index contributed by atoms with van der Waals surface area (Å²) in [6.07, 6.45) is -1.10. The lowest BCUT2D eigenvalue weighted by atomic mass is 9.89. The SMILES string of the molecule is COC(=O)[C@H]1CC[C@@H](C(O)O)[C@@H]1C(=O)O. The van der Waals surface area contributed by atoms with E-state index in [2.05, 4.69) is 4.74 Å². The molecule has 0 bridgehead atoms. The van der Waals surface area contributed by atoms with E-state index in [1.807, 2.05) is 0 Å². The molecule has 1 aliphatic carbocycles. The minimum Gasteiger partial charge on any atom is -0.481 e. The minimum absolute atomic E-state index is 0.300. The molecule has 0 radical (unpaired) electrons. The molecule has 3 N–H and O–H groups in total. The summed E-state index contributed by atoms with van der Waals surface area (Å²) in [4.78, 5) is 22.2. The number of aliphatic hydroxyl groups excluding tert-OH is 1. The van der Waals surface area contributed by atoms with E-state index in [0.717, 1.165) is 0 Å². The first-order valence-corrected chi connectivity index (χ1v) is 4.65. The Morgan fingerprint density at radius 1 is 1.33 bits per heavy atom. The molecule has 1 aliphatic rings. The van der Waals surface area contributed by atoms with Crippen LogP contribution in [0.2, 0.25) is 0 Å². The van der Waals surface area contributed by atoms with Gasteiger partial charge in [0.05, 0.1) is 18.9 Å². The van der Waals surface area contributed by atoms with Gasteiger partial charge in [-0.3, -0.25) is 9.59 Å². The van der Waals surface area contributed by atoms with Gasteiger partial charge in [-0.05, 0) is 12.8 Å². The Balaban J connectivity index is 2.84. The van der Waals surface area contributed by atoms with Crippen molar-refractivity contribution in [2.24, 2.45) is 17.8 Å². The monoisotopic (exact) mass is 218 g/mol. The predicted molar refractivity (Wildman–Crippen MR) is 47.6 cm³/mol. The van der Waals surface area contributed by atoms with E-state index in [4.69, 9.17) is 15.3 Å². The van der Waals surface area contributed by atoms with E-state index in [-0.39, 0.29) is 0 Å². The number of carboxylic acids is 1. The number of aliphatic carboxylic acids is 1. The standard InChI is InChI=1S/C9H14O6/c1-15-9(14)5-3-2-4(7(10)11)6(5)8(12)13/h4-7,10-11H,2-3H2,1H3,(H,12,13)/t4-,5+,6+/m1/s1. The predicted octanol–water partition coefficient (Wildman–Crippen LogP) is -0.803. The van der Waals surface area contributed by atoms with Gasteiger partial charge in [0.15, 0.2) is 6.29 Å². The zero-order valence-corrected chi connectivity index (χ0v) is 8.29. The Morgan fingerprint density at radius 2 is 1.93 bits per heavy atom. The maximum absolute atomic E-state index is 11.2. The van der Waals surface area contributed by atoms with Crippen molar-refractivity contribution in [1.82, 2.24) is 0 Å². The second-order valence-electron chi connectivity index (χ2n) is 3.65. The molecule has 0 amide bonds. The second-order valence-corrected chi connectivity index (χ2v) is 3.65. The van der Waals surface area contributed by atoms with Crippen molar-refractivity contribution < 1.29 is 29.6 Å². The van der Waals surface area contributed by atoms with Crippen LogP contribution in [0.5, 0.6) is 0 Å². The van der Waals surface area contributed by atoms with Gasteiger partial charge in [-0.1, -0.05) is 0 Å². The van der Waals surface area contributed by atoms with Crippen molar-refractivity contribution in [1.29, 1.82) is 0 Å². The van der Waals surface area contributed by atoms with Crippen LogP contribution in [0.3, 0.4) is 0 Å². The summed E-state index contributed by atoms with van der Waals surface area (Å²) >= 11 is 0. The molecule has 0 aromatic heterocycles. The third kappa shape index (κ3) is 2.27. The molecule has 86 valence electrons. The number of carboxylic acid groups (broad SMARTS) is 1. The van der Waals surface area contributed by atoms with Gasteiger partial charge >= 0.3 is 11.9 Å². The molecule has 0 aromatic rings. The van der Waals surface area contributed by atoms with Gasteiger partial charge in [0.2, 0.25) is 0 Å². The fourth-order valence-corrected chi connectivity index (χ4v) is 2.14. The molecule has 0 saturated heterocycles. The van der Waals surface area contributed by atoms with Crippen molar-refractivity contribution in [3.8, 4) is 0 Å². The fourth-order valence-electron chi connectivity index (χ4n) is 2.14. The molecule has 3 atom stereocenters. The molecule has 6 heteroatoms. The Kier molecular flexibility index (Phi) is 3.65. The summed E-state index contributed by atoms with van der Waals surface area (Å²) in [5.41, 5.74) is 0. The quantitative estimate of drug-likeness (QED) is 0.423. The van der Waals surface area contributed by atoms with Crippen molar-refractivity contribution in [3.05, 3.63) is 0 Å². The van der Waals surface area contributed by atoms with Crippen LogP contribution >= 0.6 is 0 Å². The number of hydrogen-bond donors (Lipinski definition) is 3. The van der Waals surface area contributed by atoms with Crippen LogP contribution < -0.4 is 0 Å². The number of hydrogen-bond acceptors (Lipinski definition) is 5. The number of aliphatic hydroxyl groups is 2. The van der Waals surface area contributed by atoms with Crippen LogP contribution in [-0.2, 0) is 14.3 Å². The third-order valence-corrected chi connectivity index (χ3v) is 2.88. The molecule has 0 aromatic carbocycles. The number of methoxy groups -OCH3 is 1. The normalized spacial score (nSPS) is 30.5. The van der Waals surface area contributed by atoms with Gasteiger partial charge < -0.3 is 20.1 Å². The molecule has 0 aliphatic heterocycles. The number of carbonyl (C=O) groups is 2. The summed E-state index contributed by atoms with van der Waals surface area (Å²) < 4.78 is 4.48. The van der Waals surface area contributed by atoms with Crippen molar-refractivity contribution >= 4 is 11.9 Å². The van der Waals surface area contributed by atoms with E-state index in [1.54, 1.807) is 0 Å². The Morgan fingerprint density at radius 3 is 2.33 bits per heavy atom. The smallest absolute Gasteiger partial charge is 0.309 e. The van der Waals surface area contributed by atoms with Crippen LogP contribution in [0.1, 0.15) is 12.8 Å². The topological polar surface area (TPSA) is 104 Å². The minimum atomic E-state index is -1.71. The van der Waals surface area contributed by atoms with E-state index >= 15 is 0 Å². The van der Waals surface area contributed by atoms with Gasteiger partial charge in [-0.15, -0.1) is 0 Å². The maximum atomic E-state index is 11.2. The van der Waals surface area contributed by atoms with Crippen LogP contribution in [0.4, 0.5) is 0 Å². The molecule has 1 rings (SSSR count). The van der Waals surface area contributed by atoms with Crippen LogP contribution in [0.15, 0.2) is 0 Å². The Labute approximate surface area is 86.5 Å². The number of carbonyl (C=O) groups excluding carboxylic acids is 1. The molecule has 0 heterocycles. The first-order chi connectivity index (χ1) is 6.99. The van der Waals surface area contributed by atoms with Crippen molar-refractivity contribution in [2.75, 3.05) is 7.11 Å². The van der Waals surface area contributed by atoms with E-state index in [1.165, 1.54) is 7.11 Å². The van der Waals surface area contributed by atoms with Gasteiger partial charge in [0.1, 0.15) is 0 Å². The summed E-state index contributed by atoms with van der Waals surface area (Å²) in [7, 11) is 1.18. The number of rotatable bonds is 3. The molecule has 0 unspecified atom stereocenters. The molecular weight excluding hydrogens is 204 g/mol. The lowest BCUT2D eigenvalue weighted by molar-refractivity contribution is -0.161. The number of ether oxygens (including phenoxy) is 1. The van der Waals surface area contributed by atoms with Gasteiger partial charge in [-0.2, -0.15) is 0 Å². The average Bonchev–Trinajstić information content (AvgIpc) is 2.60. The highest BCUT2D eigenvalue weighted by molar-refractivity contribution is 5.82. The highest BCUT2D eigenvalue weighted by Crippen LogP contribution is 2.39. The van der Waals surface area contributed by atoms with Gasteiger partial charge in [0.25, 0.3) is 0 Å². The summed E-state index contributed by atoms with van der Waals surface area (Å²) in [5.74, 6) is -4.45. The average molecular weight is 218 g/mol. The molecule has 15 heavy (non-hydrogen) atoms. The molecule has 0 spiro atoms. The lowest BCUT2D eigenvalue weighted by Crippen LogP contribution is -2.35. The number of esters is 1. The summed E-state index contributed by atoms with van der Waals surface area (Å²) in [6, 6.07) is 0. The first kappa shape index (κ1) is 11.9. The highest BCUT2D eigenvalue weighted by Gasteiger charge is 2.47. The summed E-state index contributed by atoms with van der Waals surface area (Å²) in [6.45, 7) is 0. The maximum Gasteiger partial charge on any atom is 0.309 e. The molecule has 6 nitrogen and oxygen atoms in total. The zero-order chi connectivity index (χ0) is 11.6. The first-order valence-electron chi connectivity index (χ1n) is 4.65. The van der Waals surface area contributed by atoms with Gasteiger partial charge in [-0.25, -0.2) is 0 Å². The van der Waals surface area contributed by atoms with Crippen molar-refractivity contribution in [3.63, 3.8) is 0 Å². The van der Waals surface area contributed by atoms with Crippen molar-refractivity contribution in [2.45, 2.75) is 19.1 Å². The molecule has 1 fully saturated rings. The van der Waals surface area contributed by atoms with E-state index < -0.39 is 36.0 Å².